The van der Waals surface area contributed by atoms with Crippen LogP contribution in [0, 0.1) is 6.08 Å². The second-order valence-electron chi connectivity index (χ2n) is 1.89. The average Bonchev–Trinajstić information content (AvgIpc) is 1.94. The Morgan fingerprint density at radius 3 is 3.38 bits per heavy atom. The summed E-state index contributed by atoms with van der Waals surface area (Å²) >= 11 is 0. The second-order valence-corrected chi connectivity index (χ2v) is 1.89. The van der Waals surface area contributed by atoms with Gasteiger partial charge in [-0.2, -0.15) is 0 Å². The SMILES string of the molecule is CC1=CC=CC[C+]=C1. The highest BCUT2D eigenvalue weighted by atomic mass is 13.9. The van der Waals surface area contributed by atoms with Crippen molar-refractivity contribution < 1.29 is 0 Å². The molecule has 0 atom stereocenters. The zero-order valence-electron chi connectivity index (χ0n) is 5.02. The van der Waals surface area contributed by atoms with Crippen LogP contribution in [0.5, 0.6) is 0 Å². The molecule has 0 aromatic rings. The highest BCUT2D eigenvalue weighted by Crippen LogP contribution is 2.00. The summed E-state index contributed by atoms with van der Waals surface area (Å²) in [7, 11) is 0. The molecule has 8 heavy (non-hydrogen) atoms. The van der Waals surface area contributed by atoms with E-state index in [1.54, 1.807) is 0 Å². The minimum atomic E-state index is 0.952. The summed E-state index contributed by atoms with van der Waals surface area (Å²) in [4.78, 5) is 0. The number of allylic oxidation sites excluding steroid dienone is 6. The Balaban J connectivity index is 2.73. The van der Waals surface area contributed by atoms with Gasteiger partial charge < -0.3 is 0 Å². The Bertz CT molecular complexity index is 147. The van der Waals surface area contributed by atoms with Crippen LogP contribution in [0.2, 0.25) is 0 Å². The number of hydrogen-bond donors (Lipinski definition) is 0. The lowest BCUT2D eigenvalue weighted by Crippen LogP contribution is -1.60. The van der Waals surface area contributed by atoms with E-state index in [4.69, 9.17) is 0 Å². The van der Waals surface area contributed by atoms with Gasteiger partial charge in [0.05, 0.1) is 11.6 Å². The Kier molecular flexibility index (Phi) is 1.61. The van der Waals surface area contributed by atoms with E-state index in [0.29, 0.717) is 0 Å². The molecule has 0 N–H and O–H groups in total. The van der Waals surface area contributed by atoms with E-state index in [1.807, 2.05) is 6.08 Å². The fraction of sp³-hybridized carbons (Fsp3) is 0.250. The van der Waals surface area contributed by atoms with Crippen molar-refractivity contribution in [1.82, 2.24) is 0 Å². The van der Waals surface area contributed by atoms with Crippen molar-refractivity contribution in [3.05, 3.63) is 36.0 Å². The Hall–Kier alpha value is -0.870. The lowest BCUT2D eigenvalue weighted by Gasteiger charge is -1.68. The van der Waals surface area contributed by atoms with E-state index < -0.39 is 0 Å². The van der Waals surface area contributed by atoms with Crippen molar-refractivity contribution >= 4 is 0 Å². The molecule has 0 amide bonds. The molecule has 0 aliphatic heterocycles. The first kappa shape index (κ1) is 5.27. The molecule has 0 radical (unpaired) electrons. The van der Waals surface area contributed by atoms with E-state index in [0.717, 1.165) is 6.42 Å². The van der Waals surface area contributed by atoms with Crippen molar-refractivity contribution in [2.24, 2.45) is 0 Å². The third kappa shape index (κ3) is 1.32. The molecular formula is C8H9+. The van der Waals surface area contributed by atoms with Gasteiger partial charge in [-0.15, -0.1) is 0 Å². The summed E-state index contributed by atoms with van der Waals surface area (Å²) in [6, 6.07) is 0. The minimum Gasteiger partial charge on any atom is -0.0506 e. The van der Waals surface area contributed by atoms with Crippen LogP contribution in [-0.4, -0.2) is 0 Å². The maximum absolute atomic E-state index is 3.12. The highest BCUT2D eigenvalue weighted by Gasteiger charge is 1.92. The Morgan fingerprint density at radius 2 is 2.50 bits per heavy atom. The third-order valence-electron chi connectivity index (χ3n) is 1.06. The zero-order valence-corrected chi connectivity index (χ0v) is 5.02. The number of hydrogen-bond acceptors (Lipinski definition) is 0. The van der Waals surface area contributed by atoms with Gasteiger partial charge in [-0.3, -0.25) is 0 Å². The van der Waals surface area contributed by atoms with Crippen LogP contribution in [-0.2, 0) is 0 Å². The summed E-state index contributed by atoms with van der Waals surface area (Å²) in [5.74, 6) is 0. The maximum atomic E-state index is 3.12. The lowest BCUT2D eigenvalue weighted by molar-refractivity contribution is 1.34. The topological polar surface area (TPSA) is 0 Å². The Morgan fingerprint density at radius 1 is 1.62 bits per heavy atom. The van der Waals surface area contributed by atoms with Gasteiger partial charge in [0, 0.05) is 13.0 Å². The van der Waals surface area contributed by atoms with Crippen LogP contribution in [0.15, 0.2) is 29.9 Å². The lowest BCUT2D eigenvalue weighted by atomic mass is 10.3. The standard InChI is InChI=1S/C8H9/c1-8-6-4-2-3-5-7-8/h2,4,6-7H,3H2,1H3/q+1. The molecule has 0 saturated heterocycles. The largest absolute Gasteiger partial charge is 0.157 e. The highest BCUT2D eigenvalue weighted by molar-refractivity contribution is 5.22. The summed E-state index contributed by atoms with van der Waals surface area (Å²) in [5.41, 5.74) is 1.28. The molecule has 0 nitrogen and oxygen atoms in total. The van der Waals surface area contributed by atoms with Gasteiger partial charge in [-0.05, 0) is 6.08 Å². The van der Waals surface area contributed by atoms with Gasteiger partial charge in [-0.25, -0.2) is 0 Å². The molecule has 40 valence electrons. The molecule has 1 aliphatic carbocycles. The first-order valence-corrected chi connectivity index (χ1v) is 2.79. The molecule has 0 unspecified atom stereocenters. The predicted molar refractivity (Wildman–Crippen MR) is 35.3 cm³/mol. The monoisotopic (exact) mass is 105 g/mol. The molecule has 1 aliphatic rings. The summed E-state index contributed by atoms with van der Waals surface area (Å²) < 4.78 is 0. The van der Waals surface area contributed by atoms with E-state index in [2.05, 4.69) is 31.2 Å². The molecule has 0 saturated carbocycles. The first-order valence-electron chi connectivity index (χ1n) is 2.79. The molecule has 0 bridgehead atoms. The van der Waals surface area contributed by atoms with Crippen LogP contribution in [0.1, 0.15) is 13.3 Å². The predicted octanol–water partition coefficient (Wildman–Crippen LogP) is 2.25. The summed E-state index contributed by atoms with van der Waals surface area (Å²) in [6.45, 7) is 2.07. The van der Waals surface area contributed by atoms with Crippen molar-refractivity contribution in [2.75, 3.05) is 0 Å². The van der Waals surface area contributed by atoms with Crippen molar-refractivity contribution in [3.63, 3.8) is 0 Å². The van der Waals surface area contributed by atoms with Crippen LogP contribution >= 0.6 is 0 Å². The second kappa shape index (κ2) is 2.44. The van der Waals surface area contributed by atoms with E-state index in [9.17, 15) is 0 Å². The summed E-state index contributed by atoms with van der Waals surface area (Å²) in [6.07, 6.45) is 12.3. The van der Waals surface area contributed by atoms with Crippen LogP contribution in [0.25, 0.3) is 0 Å². The number of rotatable bonds is 0. The van der Waals surface area contributed by atoms with Gasteiger partial charge in [0.2, 0.25) is 0 Å². The van der Waals surface area contributed by atoms with Crippen LogP contribution < -0.4 is 0 Å². The molecule has 0 heteroatoms. The van der Waals surface area contributed by atoms with Crippen molar-refractivity contribution in [1.29, 1.82) is 0 Å². The molecule has 0 aromatic carbocycles. The molecule has 0 fully saturated rings. The van der Waals surface area contributed by atoms with Gasteiger partial charge in [0.1, 0.15) is 6.42 Å². The zero-order chi connectivity index (χ0) is 5.82. The quantitative estimate of drug-likeness (QED) is 0.414. The van der Waals surface area contributed by atoms with E-state index in [1.165, 1.54) is 5.57 Å². The third-order valence-corrected chi connectivity index (χ3v) is 1.06. The average molecular weight is 105 g/mol. The fourth-order valence-corrected chi connectivity index (χ4v) is 0.624. The van der Waals surface area contributed by atoms with Crippen molar-refractivity contribution in [2.45, 2.75) is 13.3 Å². The molecule has 0 heterocycles. The molecule has 0 aromatic heterocycles. The maximum Gasteiger partial charge on any atom is 0.157 e. The van der Waals surface area contributed by atoms with Gasteiger partial charge in [0.25, 0.3) is 0 Å². The minimum absolute atomic E-state index is 0.952. The van der Waals surface area contributed by atoms with Gasteiger partial charge in [-0.1, -0.05) is 6.08 Å². The first-order chi connectivity index (χ1) is 3.89. The summed E-state index contributed by atoms with van der Waals surface area (Å²) in [5, 5.41) is 0. The van der Waals surface area contributed by atoms with Crippen molar-refractivity contribution in [3.8, 4) is 0 Å². The smallest absolute Gasteiger partial charge is 0.0506 e. The van der Waals surface area contributed by atoms with E-state index >= 15 is 0 Å². The molecular weight excluding hydrogens is 96.1 g/mol. The fourth-order valence-electron chi connectivity index (χ4n) is 0.624. The van der Waals surface area contributed by atoms with E-state index in [-0.39, 0.29) is 0 Å². The normalized spacial score (nSPS) is 16.9. The molecule has 1 rings (SSSR count). The Labute approximate surface area is 50.2 Å². The molecule has 0 spiro atoms. The van der Waals surface area contributed by atoms with Gasteiger partial charge in [0.15, 0.2) is 6.08 Å². The van der Waals surface area contributed by atoms with Crippen LogP contribution in [0.4, 0.5) is 0 Å². The van der Waals surface area contributed by atoms with Gasteiger partial charge >= 0.3 is 0 Å². The van der Waals surface area contributed by atoms with Crippen LogP contribution in [0.3, 0.4) is 0 Å².